The molecule has 16 heavy (non-hydrogen) atoms. The molecule has 0 bridgehead atoms. The summed E-state index contributed by atoms with van der Waals surface area (Å²) >= 11 is 0. The van der Waals surface area contributed by atoms with Crippen molar-refractivity contribution in [1.29, 1.82) is 0 Å². The Bertz CT molecular complexity index is 401. The van der Waals surface area contributed by atoms with Crippen LogP contribution in [0.4, 0.5) is 4.39 Å². The lowest BCUT2D eigenvalue weighted by molar-refractivity contribution is -0.127. The van der Waals surface area contributed by atoms with Crippen molar-refractivity contribution >= 4 is 5.78 Å². The molecule has 1 aromatic rings. The van der Waals surface area contributed by atoms with Crippen LogP contribution in [0.2, 0.25) is 0 Å². The fraction of sp³-hybridized carbons (Fsp3) is 0.462. The van der Waals surface area contributed by atoms with Gasteiger partial charge in [0.25, 0.3) is 0 Å². The van der Waals surface area contributed by atoms with Crippen molar-refractivity contribution < 1.29 is 9.18 Å². The first-order chi connectivity index (χ1) is 7.52. The molecule has 1 aliphatic carbocycles. The Balaban J connectivity index is 2.35. The first-order valence-electron chi connectivity index (χ1n) is 5.60. The molecule has 3 heteroatoms. The molecule has 0 aliphatic heterocycles. The zero-order chi connectivity index (χ0) is 11.8. The monoisotopic (exact) mass is 221 g/mol. The molecule has 1 fully saturated rings. The summed E-state index contributed by atoms with van der Waals surface area (Å²) in [6.45, 7) is 2.09. The number of hydrogen-bond acceptors (Lipinski definition) is 2. The van der Waals surface area contributed by atoms with Crippen molar-refractivity contribution in [3.63, 3.8) is 0 Å². The van der Waals surface area contributed by atoms with Crippen molar-refractivity contribution in [2.45, 2.75) is 31.7 Å². The minimum atomic E-state index is -0.911. The van der Waals surface area contributed by atoms with Gasteiger partial charge in [0.1, 0.15) is 11.4 Å². The van der Waals surface area contributed by atoms with Crippen LogP contribution in [-0.4, -0.2) is 5.78 Å². The largest absolute Gasteiger partial charge is 0.315 e. The maximum atomic E-state index is 12.8. The highest BCUT2D eigenvalue weighted by molar-refractivity contribution is 5.90. The van der Waals surface area contributed by atoms with Crippen LogP contribution < -0.4 is 5.73 Å². The molecular weight excluding hydrogens is 205 g/mol. The molecule has 0 radical (unpaired) electrons. The average molecular weight is 221 g/mol. The number of rotatable bonds is 1. The van der Waals surface area contributed by atoms with Crippen molar-refractivity contribution in [2.75, 3.05) is 0 Å². The van der Waals surface area contributed by atoms with E-state index in [4.69, 9.17) is 5.73 Å². The number of hydrogen-bond donors (Lipinski definition) is 1. The van der Waals surface area contributed by atoms with Gasteiger partial charge in [-0.25, -0.2) is 4.39 Å². The van der Waals surface area contributed by atoms with Gasteiger partial charge < -0.3 is 5.73 Å². The molecule has 0 amide bonds. The quantitative estimate of drug-likeness (QED) is 0.791. The molecule has 1 saturated carbocycles. The topological polar surface area (TPSA) is 43.1 Å². The van der Waals surface area contributed by atoms with E-state index in [1.165, 1.54) is 12.1 Å². The minimum Gasteiger partial charge on any atom is -0.315 e. The average Bonchev–Trinajstić information content (AvgIpc) is 2.25. The zero-order valence-electron chi connectivity index (χ0n) is 9.37. The Morgan fingerprint density at radius 2 is 2.00 bits per heavy atom. The summed E-state index contributed by atoms with van der Waals surface area (Å²) in [5.74, 6) is 0.202. The van der Waals surface area contributed by atoms with Gasteiger partial charge in [-0.15, -0.1) is 0 Å². The molecule has 0 aromatic heterocycles. The zero-order valence-corrected chi connectivity index (χ0v) is 9.37. The van der Waals surface area contributed by atoms with Crippen molar-refractivity contribution in [3.8, 4) is 0 Å². The number of benzene rings is 1. The molecule has 1 aliphatic rings. The number of ketones is 1. The highest BCUT2D eigenvalue weighted by Crippen LogP contribution is 2.35. The summed E-state index contributed by atoms with van der Waals surface area (Å²) in [5.41, 5.74) is 6.01. The van der Waals surface area contributed by atoms with E-state index in [1.54, 1.807) is 12.1 Å². The van der Waals surface area contributed by atoms with Gasteiger partial charge >= 0.3 is 0 Å². The van der Waals surface area contributed by atoms with Gasteiger partial charge in [-0.1, -0.05) is 19.1 Å². The summed E-state index contributed by atoms with van der Waals surface area (Å²) in [4.78, 5) is 11.9. The smallest absolute Gasteiger partial charge is 0.157 e. The standard InChI is InChI=1S/C13H16FNO/c1-9-2-7-12(16)13(15,8-9)10-3-5-11(14)6-4-10/h3-6,9H,2,7-8,15H2,1H3/t9-,13?/m0/s1. The molecule has 0 spiro atoms. The van der Waals surface area contributed by atoms with Crippen LogP contribution >= 0.6 is 0 Å². The van der Waals surface area contributed by atoms with Crippen LogP contribution in [0.3, 0.4) is 0 Å². The fourth-order valence-corrected chi connectivity index (χ4v) is 2.39. The second kappa shape index (κ2) is 3.98. The third-order valence-electron chi connectivity index (χ3n) is 3.39. The van der Waals surface area contributed by atoms with Gasteiger partial charge in [0, 0.05) is 6.42 Å². The number of nitrogens with two attached hydrogens (primary N) is 1. The highest BCUT2D eigenvalue weighted by Gasteiger charge is 2.39. The van der Waals surface area contributed by atoms with E-state index >= 15 is 0 Å². The van der Waals surface area contributed by atoms with E-state index in [9.17, 15) is 9.18 Å². The fourth-order valence-electron chi connectivity index (χ4n) is 2.39. The molecule has 86 valence electrons. The number of halogens is 1. The van der Waals surface area contributed by atoms with E-state index in [0.29, 0.717) is 18.8 Å². The number of carbonyl (C=O) groups is 1. The van der Waals surface area contributed by atoms with Crippen LogP contribution in [0.1, 0.15) is 31.7 Å². The normalized spacial score (nSPS) is 30.4. The second-order valence-corrected chi connectivity index (χ2v) is 4.75. The predicted octanol–water partition coefficient (Wildman–Crippen LogP) is 2.37. The van der Waals surface area contributed by atoms with Gasteiger partial charge in [-0.05, 0) is 36.5 Å². The predicted molar refractivity (Wildman–Crippen MR) is 60.3 cm³/mol. The van der Waals surface area contributed by atoms with Crippen LogP contribution in [0.15, 0.2) is 24.3 Å². The van der Waals surface area contributed by atoms with Crippen molar-refractivity contribution in [3.05, 3.63) is 35.6 Å². The van der Waals surface area contributed by atoms with Crippen molar-refractivity contribution in [1.82, 2.24) is 0 Å². The number of Topliss-reactive ketones (excluding diaryl/α,β-unsaturated/α-hetero) is 1. The van der Waals surface area contributed by atoms with Crippen LogP contribution in [0.25, 0.3) is 0 Å². The Morgan fingerprint density at radius 1 is 1.38 bits per heavy atom. The molecule has 2 atom stereocenters. The van der Waals surface area contributed by atoms with E-state index in [1.807, 2.05) is 0 Å². The maximum absolute atomic E-state index is 12.8. The molecule has 2 rings (SSSR count). The lowest BCUT2D eigenvalue weighted by Crippen LogP contribution is -2.48. The maximum Gasteiger partial charge on any atom is 0.157 e. The van der Waals surface area contributed by atoms with Crippen LogP contribution in [-0.2, 0) is 10.3 Å². The first kappa shape index (κ1) is 11.3. The van der Waals surface area contributed by atoms with Gasteiger partial charge in [0.05, 0.1) is 0 Å². The Morgan fingerprint density at radius 3 is 2.62 bits per heavy atom. The summed E-state index contributed by atoms with van der Waals surface area (Å²) in [6.07, 6.45) is 2.07. The Hall–Kier alpha value is -1.22. The first-order valence-corrected chi connectivity index (χ1v) is 5.60. The SMILES string of the molecule is C[C@H]1CCC(=O)C(N)(c2ccc(F)cc2)C1. The molecule has 1 aromatic carbocycles. The minimum absolute atomic E-state index is 0.0669. The molecule has 1 unspecified atom stereocenters. The van der Waals surface area contributed by atoms with Gasteiger partial charge in [0.2, 0.25) is 0 Å². The molecule has 0 heterocycles. The van der Waals surface area contributed by atoms with E-state index < -0.39 is 5.54 Å². The van der Waals surface area contributed by atoms with Gasteiger partial charge in [-0.3, -0.25) is 4.79 Å². The van der Waals surface area contributed by atoms with Crippen molar-refractivity contribution in [2.24, 2.45) is 11.7 Å². The Labute approximate surface area is 94.6 Å². The van der Waals surface area contributed by atoms with Crippen LogP contribution in [0, 0.1) is 11.7 Å². The third kappa shape index (κ3) is 1.87. The summed E-state index contributed by atoms with van der Waals surface area (Å²) in [5, 5.41) is 0. The second-order valence-electron chi connectivity index (χ2n) is 4.75. The van der Waals surface area contributed by atoms with E-state index in [2.05, 4.69) is 6.92 Å². The summed E-state index contributed by atoms with van der Waals surface area (Å²) in [6, 6.07) is 5.95. The molecular formula is C13H16FNO. The third-order valence-corrected chi connectivity index (χ3v) is 3.39. The number of carbonyl (C=O) groups excluding carboxylic acids is 1. The van der Waals surface area contributed by atoms with Gasteiger partial charge in [0.15, 0.2) is 5.78 Å². The van der Waals surface area contributed by atoms with Gasteiger partial charge in [-0.2, -0.15) is 0 Å². The molecule has 2 nitrogen and oxygen atoms in total. The molecule has 2 N–H and O–H groups in total. The Kier molecular flexibility index (Phi) is 2.80. The lowest BCUT2D eigenvalue weighted by atomic mass is 9.72. The van der Waals surface area contributed by atoms with E-state index in [-0.39, 0.29) is 11.6 Å². The summed E-state index contributed by atoms with van der Waals surface area (Å²) < 4.78 is 12.8. The highest BCUT2D eigenvalue weighted by atomic mass is 19.1. The molecule has 0 saturated heterocycles. The van der Waals surface area contributed by atoms with Crippen LogP contribution in [0.5, 0.6) is 0 Å². The van der Waals surface area contributed by atoms with E-state index in [0.717, 1.165) is 12.0 Å². The summed E-state index contributed by atoms with van der Waals surface area (Å²) in [7, 11) is 0. The lowest BCUT2D eigenvalue weighted by Gasteiger charge is -2.35.